The molecule has 0 saturated carbocycles. The SMILES string of the molecule is CC[C@@H](C=NC(=O)OC(C)(C)C)C(=O)NN. The Morgan fingerprint density at radius 3 is 2.44 bits per heavy atom. The normalized spacial score (nSPS) is 13.6. The Hall–Kier alpha value is -1.43. The molecule has 0 fully saturated rings. The van der Waals surface area contributed by atoms with E-state index < -0.39 is 17.6 Å². The second-order valence-electron chi connectivity index (χ2n) is 4.28. The molecule has 0 aromatic carbocycles. The van der Waals surface area contributed by atoms with Crippen LogP contribution in [-0.2, 0) is 9.53 Å². The zero-order valence-electron chi connectivity index (χ0n) is 10.1. The third-order valence-electron chi connectivity index (χ3n) is 1.67. The first-order chi connectivity index (χ1) is 7.30. The number of ether oxygens (including phenoxy) is 1. The van der Waals surface area contributed by atoms with Gasteiger partial charge in [-0.2, -0.15) is 4.99 Å². The largest absolute Gasteiger partial charge is 0.442 e. The van der Waals surface area contributed by atoms with Crippen molar-refractivity contribution in [1.82, 2.24) is 5.43 Å². The van der Waals surface area contributed by atoms with Crippen LogP contribution in [0.4, 0.5) is 4.79 Å². The molecule has 2 amide bonds. The molecule has 0 spiro atoms. The highest BCUT2D eigenvalue weighted by molar-refractivity contribution is 5.95. The first-order valence-electron chi connectivity index (χ1n) is 5.07. The molecule has 0 unspecified atom stereocenters. The number of hydrogen-bond donors (Lipinski definition) is 2. The third-order valence-corrected chi connectivity index (χ3v) is 1.67. The highest BCUT2D eigenvalue weighted by Gasteiger charge is 2.17. The molecule has 0 aliphatic heterocycles. The van der Waals surface area contributed by atoms with Crippen molar-refractivity contribution < 1.29 is 14.3 Å². The summed E-state index contributed by atoms with van der Waals surface area (Å²) in [6.07, 6.45) is 1.04. The van der Waals surface area contributed by atoms with E-state index in [9.17, 15) is 9.59 Å². The fraction of sp³-hybridized carbons (Fsp3) is 0.700. The Kier molecular flexibility index (Phi) is 5.66. The summed E-state index contributed by atoms with van der Waals surface area (Å²) >= 11 is 0. The zero-order valence-corrected chi connectivity index (χ0v) is 10.1. The number of nitrogens with zero attached hydrogens (tertiary/aromatic N) is 1. The molecule has 0 heterocycles. The summed E-state index contributed by atoms with van der Waals surface area (Å²) < 4.78 is 4.95. The molecule has 0 bridgehead atoms. The summed E-state index contributed by atoms with van der Waals surface area (Å²) in [6, 6.07) is 0. The van der Waals surface area contributed by atoms with Gasteiger partial charge in [0, 0.05) is 6.21 Å². The van der Waals surface area contributed by atoms with Crippen molar-refractivity contribution in [2.75, 3.05) is 0 Å². The molecule has 16 heavy (non-hydrogen) atoms. The molecular formula is C10H19N3O3. The van der Waals surface area contributed by atoms with Crippen molar-refractivity contribution in [2.24, 2.45) is 16.8 Å². The van der Waals surface area contributed by atoms with Gasteiger partial charge in [-0.3, -0.25) is 10.2 Å². The Morgan fingerprint density at radius 2 is 2.06 bits per heavy atom. The fourth-order valence-electron chi connectivity index (χ4n) is 0.905. The predicted octanol–water partition coefficient (Wildman–Crippen LogP) is 1.01. The first-order valence-corrected chi connectivity index (χ1v) is 5.07. The van der Waals surface area contributed by atoms with E-state index in [0.29, 0.717) is 6.42 Å². The third kappa shape index (κ3) is 6.13. The van der Waals surface area contributed by atoms with Crippen LogP contribution in [0.1, 0.15) is 34.1 Å². The number of rotatable bonds is 3. The van der Waals surface area contributed by atoms with E-state index in [2.05, 4.69) is 4.99 Å². The maximum atomic E-state index is 11.2. The number of carbonyl (C=O) groups excluding carboxylic acids is 2. The highest BCUT2D eigenvalue weighted by atomic mass is 16.6. The van der Waals surface area contributed by atoms with Crippen molar-refractivity contribution in [3.63, 3.8) is 0 Å². The summed E-state index contributed by atoms with van der Waals surface area (Å²) in [4.78, 5) is 25.9. The average Bonchev–Trinajstić information content (AvgIpc) is 2.15. The lowest BCUT2D eigenvalue weighted by Gasteiger charge is -2.17. The fourth-order valence-corrected chi connectivity index (χ4v) is 0.905. The van der Waals surface area contributed by atoms with Crippen LogP contribution in [-0.4, -0.2) is 23.8 Å². The minimum absolute atomic E-state index is 0.380. The molecule has 0 rings (SSSR count). The van der Waals surface area contributed by atoms with Crippen LogP contribution in [0.15, 0.2) is 4.99 Å². The van der Waals surface area contributed by atoms with E-state index in [-0.39, 0.29) is 5.91 Å². The molecule has 3 N–H and O–H groups in total. The van der Waals surface area contributed by atoms with Crippen LogP contribution in [0.3, 0.4) is 0 Å². The van der Waals surface area contributed by atoms with E-state index in [1.165, 1.54) is 6.21 Å². The second kappa shape index (κ2) is 6.22. The van der Waals surface area contributed by atoms with Gasteiger partial charge in [-0.15, -0.1) is 0 Å². The number of nitrogens with one attached hydrogen (secondary N) is 1. The van der Waals surface area contributed by atoms with Gasteiger partial charge in [0.15, 0.2) is 0 Å². The average molecular weight is 229 g/mol. The van der Waals surface area contributed by atoms with Gasteiger partial charge in [-0.05, 0) is 27.2 Å². The molecule has 0 aromatic rings. The highest BCUT2D eigenvalue weighted by Crippen LogP contribution is 2.08. The predicted molar refractivity (Wildman–Crippen MR) is 60.8 cm³/mol. The smallest absolute Gasteiger partial charge is 0.433 e. The van der Waals surface area contributed by atoms with Crippen LogP contribution in [0.5, 0.6) is 0 Å². The molecule has 0 radical (unpaired) electrons. The molecular weight excluding hydrogens is 210 g/mol. The van der Waals surface area contributed by atoms with E-state index in [4.69, 9.17) is 10.6 Å². The molecule has 92 valence electrons. The van der Waals surface area contributed by atoms with Gasteiger partial charge >= 0.3 is 6.09 Å². The van der Waals surface area contributed by atoms with E-state index >= 15 is 0 Å². The van der Waals surface area contributed by atoms with Crippen LogP contribution < -0.4 is 11.3 Å². The van der Waals surface area contributed by atoms with Gasteiger partial charge < -0.3 is 4.74 Å². The van der Waals surface area contributed by atoms with Crippen molar-refractivity contribution in [1.29, 1.82) is 0 Å². The molecule has 1 atom stereocenters. The molecule has 0 aliphatic carbocycles. The van der Waals surface area contributed by atoms with Crippen molar-refractivity contribution in [3.05, 3.63) is 0 Å². The lowest BCUT2D eigenvalue weighted by atomic mass is 10.1. The minimum Gasteiger partial charge on any atom is -0.442 e. The summed E-state index contributed by atoms with van der Waals surface area (Å²) in [5, 5.41) is 0. The number of hydrazine groups is 1. The van der Waals surface area contributed by atoms with E-state index in [1.54, 1.807) is 27.7 Å². The van der Waals surface area contributed by atoms with Gasteiger partial charge in [-0.1, -0.05) is 6.92 Å². The minimum atomic E-state index is -0.712. The number of carbonyl (C=O) groups is 2. The topological polar surface area (TPSA) is 93.8 Å². The van der Waals surface area contributed by atoms with Crippen LogP contribution in [0, 0.1) is 5.92 Å². The maximum absolute atomic E-state index is 11.2. The second-order valence-corrected chi connectivity index (χ2v) is 4.28. The molecule has 0 aromatic heterocycles. The van der Waals surface area contributed by atoms with E-state index in [0.717, 1.165) is 0 Å². The lowest BCUT2D eigenvalue weighted by molar-refractivity contribution is -0.123. The van der Waals surface area contributed by atoms with Gasteiger partial charge in [0.05, 0.1) is 5.92 Å². The quantitative estimate of drug-likeness (QED) is 0.327. The number of hydrogen-bond acceptors (Lipinski definition) is 4. The van der Waals surface area contributed by atoms with Crippen LogP contribution in [0.2, 0.25) is 0 Å². The van der Waals surface area contributed by atoms with Gasteiger partial charge in [0.1, 0.15) is 5.60 Å². The summed E-state index contributed by atoms with van der Waals surface area (Å²) in [5.74, 6) is 4.08. The molecule has 0 saturated heterocycles. The van der Waals surface area contributed by atoms with Crippen LogP contribution in [0.25, 0.3) is 0 Å². The van der Waals surface area contributed by atoms with Crippen molar-refractivity contribution in [2.45, 2.75) is 39.7 Å². The Balaban J connectivity index is 4.35. The van der Waals surface area contributed by atoms with Gasteiger partial charge in [0.25, 0.3) is 0 Å². The Bertz CT molecular complexity index is 282. The van der Waals surface area contributed by atoms with E-state index in [1.807, 2.05) is 5.43 Å². The van der Waals surface area contributed by atoms with Crippen molar-refractivity contribution in [3.8, 4) is 0 Å². The zero-order chi connectivity index (χ0) is 12.8. The summed E-state index contributed by atoms with van der Waals surface area (Å²) in [7, 11) is 0. The van der Waals surface area contributed by atoms with Crippen molar-refractivity contribution >= 4 is 18.2 Å². The Labute approximate surface area is 95.2 Å². The molecule has 6 heteroatoms. The van der Waals surface area contributed by atoms with Gasteiger partial charge in [-0.25, -0.2) is 10.6 Å². The standard InChI is InChI=1S/C10H19N3O3/c1-5-7(8(14)13-11)6-12-9(15)16-10(2,3)4/h6-7H,5,11H2,1-4H3,(H,13,14)/t7-/m0/s1. The molecule has 0 aliphatic rings. The van der Waals surface area contributed by atoms with Crippen LogP contribution >= 0.6 is 0 Å². The number of aliphatic imine (C=N–C) groups is 1. The van der Waals surface area contributed by atoms with Gasteiger partial charge in [0.2, 0.25) is 5.91 Å². The summed E-state index contributed by atoms with van der Waals surface area (Å²) in [6.45, 7) is 7.01. The maximum Gasteiger partial charge on any atom is 0.433 e. The summed E-state index contributed by atoms with van der Waals surface area (Å²) in [5.41, 5.74) is 1.41. The first kappa shape index (κ1) is 14.6. The number of nitrogens with two attached hydrogens (primary N) is 1. The monoisotopic (exact) mass is 229 g/mol. The molecule has 6 nitrogen and oxygen atoms in total. The number of amides is 2. The lowest BCUT2D eigenvalue weighted by Crippen LogP contribution is -2.36. The Morgan fingerprint density at radius 1 is 1.50 bits per heavy atom.